The van der Waals surface area contributed by atoms with E-state index in [1.165, 1.54) is 6.21 Å². The summed E-state index contributed by atoms with van der Waals surface area (Å²) in [7, 11) is 0. The molecular weight excluding hydrogens is 460 g/mol. The zero-order valence-corrected chi connectivity index (χ0v) is 19.7. The smallest absolute Gasteiger partial charge is 0.291 e. The molecule has 6 rings (SSSR count). The third kappa shape index (κ3) is 4.32. The minimum Gasteiger partial charge on any atom is -0.507 e. The summed E-state index contributed by atoms with van der Waals surface area (Å²) in [6.07, 6.45) is 1.45. The molecule has 2 N–H and O–H groups in total. The van der Waals surface area contributed by atoms with Crippen molar-refractivity contribution in [3.05, 3.63) is 127 Å². The number of carbonyl (C=O) groups excluding carboxylic acids is 1. The van der Waals surface area contributed by atoms with Crippen molar-refractivity contribution in [2.75, 3.05) is 0 Å². The van der Waals surface area contributed by atoms with E-state index in [1.54, 1.807) is 16.8 Å². The summed E-state index contributed by atoms with van der Waals surface area (Å²) in [5.74, 6) is -0.364. The van der Waals surface area contributed by atoms with Gasteiger partial charge in [-0.15, -0.1) is 0 Å². The first kappa shape index (κ1) is 22.2. The van der Waals surface area contributed by atoms with Gasteiger partial charge in [-0.05, 0) is 51.9 Å². The van der Waals surface area contributed by atoms with E-state index in [9.17, 15) is 9.90 Å². The van der Waals surface area contributed by atoms with Gasteiger partial charge in [-0.25, -0.2) is 10.1 Å². The summed E-state index contributed by atoms with van der Waals surface area (Å²) in [5.41, 5.74) is 5.89. The number of phenols is 1. The Hall–Kier alpha value is -5.23. The predicted molar refractivity (Wildman–Crippen MR) is 147 cm³/mol. The molecule has 0 aliphatic rings. The molecule has 0 aliphatic heterocycles. The van der Waals surface area contributed by atoms with E-state index in [2.05, 4.69) is 39.9 Å². The number of aromatic nitrogens is 2. The van der Waals surface area contributed by atoms with Crippen LogP contribution >= 0.6 is 0 Å². The molecule has 0 fully saturated rings. The largest absolute Gasteiger partial charge is 0.507 e. The monoisotopic (exact) mass is 482 g/mol. The summed E-state index contributed by atoms with van der Waals surface area (Å²) >= 11 is 0. The standard InChI is InChI=1S/C31H22N4O2/c36-30-17-16-22-9-6-7-13-26(22)27(30)20-32-33-31(37)28-19-29(35(34-28)25-11-2-1-3-12-25)24-15-14-21-8-4-5-10-23(21)18-24/h1-20,36H,(H,33,37)/b32-20-. The Morgan fingerprint density at radius 1 is 0.784 bits per heavy atom. The van der Waals surface area contributed by atoms with Gasteiger partial charge in [0.15, 0.2) is 5.69 Å². The first-order valence-electron chi connectivity index (χ1n) is 11.9. The molecule has 6 heteroatoms. The van der Waals surface area contributed by atoms with Gasteiger partial charge in [0.1, 0.15) is 5.75 Å². The van der Waals surface area contributed by atoms with Crippen molar-refractivity contribution in [3.8, 4) is 22.7 Å². The number of nitrogens with one attached hydrogen (secondary N) is 1. The third-order valence-electron chi connectivity index (χ3n) is 6.30. The van der Waals surface area contributed by atoms with Crippen molar-refractivity contribution < 1.29 is 9.90 Å². The number of aromatic hydroxyl groups is 1. The van der Waals surface area contributed by atoms with Gasteiger partial charge in [-0.3, -0.25) is 4.79 Å². The first-order chi connectivity index (χ1) is 18.2. The first-order valence-corrected chi connectivity index (χ1v) is 11.9. The maximum atomic E-state index is 13.1. The van der Waals surface area contributed by atoms with Gasteiger partial charge in [0.2, 0.25) is 0 Å². The Morgan fingerprint density at radius 3 is 2.32 bits per heavy atom. The molecule has 0 bridgehead atoms. The van der Waals surface area contributed by atoms with E-state index in [0.29, 0.717) is 5.56 Å². The molecule has 37 heavy (non-hydrogen) atoms. The fraction of sp³-hybridized carbons (Fsp3) is 0. The number of benzene rings is 5. The van der Waals surface area contributed by atoms with Crippen molar-refractivity contribution in [1.82, 2.24) is 15.2 Å². The van der Waals surface area contributed by atoms with Crippen LogP contribution in [0.3, 0.4) is 0 Å². The number of phenolic OH excluding ortho intramolecular Hbond substituents is 1. The topological polar surface area (TPSA) is 79.5 Å². The second kappa shape index (κ2) is 9.43. The SMILES string of the molecule is O=C(N/N=C\c1c(O)ccc2ccccc12)c1cc(-c2ccc3ccccc3c2)n(-c2ccccc2)n1. The highest BCUT2D eigenvalue weighted by Gasteiger charge is 2.17. The van der Waals surface area contributed by atoms with Crippen molar-refractivity contribution in [2.24, 2.45) is 5.10 Å². The van der Waals surface area contributed by atoms with Gasteiger partial charge >= 0.3 is 0 Å². The van der Waals surface area contributed by atoms with Crippen LogP contribution in [0.2, 0.25) is 0 Å². The molecule has 0 atom stereocenters. The molecular formula is C31H22N4O2. The fourth-order valence-corrected chi connectivity index (χ4v) is 4.44. The summed E-state index contributed by atoms with van der Waals surface area (Å²) in [5, 5.41) is 23.1. The van der Waals surface area contributed by atoms with Crippen LogP contribution in [0.4, 0.5) is 0 Å². The van der Waals surface area contributed by atoms with E-state index < -0.39 is 5.91 Å². The number of hydrogen-bond donors (Lipinski definition) is 2. The van der Waals surface area contributed by atoms with E-state index in [4.69, 9.17) is 0 Å². The van der Waals surface area contributed by atoms with Crippen LogP contribution in [0.15, 0.2) is 120 Å². The van der Waals surface area contributed by atoms with Crippen molar-refractivity contribution in [2.45, 2.75) is 0 Å². The molecule has 0 spiro atoms. The average molecular weight is 483 g/mol. The quantitative estimate of drug-likeness (QED) is 0.223. The Kier molecular flexibility index (Phi) is 5.67. The second-order valence-corrected chi connectivity index (χ2v) is 8.64. The number of amides is 1. The highest BCUT2D eigenvalue weighted by Crippen LogP contribution is 2.28. The third-order valence-corrected chi connectivity index (χ3v) is 6.30. The van der Waals surface area contributed by atoms with E-state index >= 15 is 0 Å². The van der Waals surface area contributed by atoms with Gasteiger partial charge in [-0.1, -0.05) is 84.9 Å². The average Bonchev–Trinajstić information content (AvgIpc) is 3.40. The maximum Gasteiger partial charge on any atom is 0.291 e. The van der Waals surface area contributed by atoms with Gasteiger partial charge < -0.3 is 5.11 Å². The molecule has 1 amide bonds. The minimum absolute atomic E-state index is 0.0867. The number of para-hydroxylation sites is 1. The molecule has 6 nitrogen and oxygen atoms in total. The zero-order chi connectivity index (χ0) is 25.2. The second-order valence-electron chi connectivity index (χ2n) is 8.64. The predicted octanol–water partition coefficient (Wildman–Crippen LogP) is 6.32. The van der Waals surface area contributed by atoms with Gasteiger partial charge in [0.25, 0.3) is 5.91 Å². The summed E-state index contributed by atoms with van der Waals surface area (Å²) in [6.45, 7) is 0. The lowest BCUT2D eigenvalue weighted by Crippen LogP contribution is -2.18. The lowest BCUT2D eigenvalue weighted by molar-refractivity contribution is 0.0949. The van der Waals surface area contributed by atoms with E-state index in [1.807, 2.05) is 78.9 Å². The van der Waals surface area contributed by atoms with Gasteiger partial charge in [0.05, 0.1) is 17.6 Å². The Morgan fingerprint density at radius 2 is 1.49 bits per heavy atom. The van der Waals surface area contributed by atoms with Crippen LogP contribution in [0.1, 0.15) is 16.1 Å². The Bertz CT molecular complexity index is 1790. The van der Waals surface area contributed by atoms with Crippen LogP contribution in [-0.4, -0.2) is 27.0 Å². The van der Waals surface area contributed by atoms with Gasteiger partial charge in [-0.2, -0.15) is 10.2 Å². The van der Waals surface area contributed by atoms with Crippen LogP contribution in [0.25, 0.3) is 38.5 Å². The number of rotatable bonds is 5. The summed E-state index contributed by atoms with van der Waals surface area (Å²) < 4.78 is 1.76. The van der Waals surface area contributed by atoms with Crippen LogP contribution in [0.5, 0.6) is 5.75 Å². The molecule has 178 valence electrons. The maximum absolute atomic E-state index is 13.1. The molecule has 1 heterocycles. The molecule has 0 radical (unpaired) electrons. The lowest BCUT2D eigenvalue weighted by atomic mass is 10.0. The molecule has 5 aromatic carbocycles. The summed E-state index contributed by atoms with van der Waals surface area (Å²) in [6, 6.07) is 36.9. The van der Waals surface area contributed by atoms with Crippen LogP contribution < -0.4 is 5.43 Å². The van der Waals surface area contributed by atoms with Crippen molar-refractivity contribution in [1.29, 1.82) is 0 Å². The number of carbonyl (C=O) groups is 1. The number of hydrogen-bond acceptors (Lipinski definition) is 4. The number of fused-ring (bicyclic) bond motifs is 2. The Labute approximate surface area is 213 Å². The lowest BCUT2D eigenvalue weighted by Gasteiger charge is -2.08. The van der Waals surface area contributed by atoms with E-state index in [0.717, 1.165) is 38.5 Å². The molecule has 1 aromatic heterocycles. The minimum atomic E-state index is -0.451. The Balaban J connectivity index is 1.35. The zero-order valence-electron chi connectivity index (χ0n) is 19.7. The van der Waals surface area contributed by atoms with Crippen molar-refractivity contribution in [3.63, 3.8) is 0 Å². The highest BCUT2D eigenvalue weighted by atomic mass is 16.3. The molecule has 6 aromatic rings. The van der Waals surface area contributed by atoms with Gasteiger partial charge in [0, 0.05) is 11.1 Å². The fourth-order valence-electron chi connectivity index (χ4n) is 4.44. The van der Waals surface area contributed by atoms with Crippen molar-refractivity contribution >= 4 is 33.7 Å². The molecule has 0 saturated heterocycles. The normalized spacial score (nSPS) is 11.4. The van der Waals surface area contributed by atoms with E-state index in [-0.39, 0.29) is 11.4 Å². The number of nitrogens with zero attached hydrogens (tertiary/aromatic N) is 3. The molecule has 0 unspecified atom stereocenters. The molecule has 0 saturated carbocycles. The highest BCUT2D eigenvalue weighted by molar-refractivity contribution is 6.03. The molecule has 0 aliphatic carbocycles. The van der Waals surface area contributed by atoms with Crippen LogP contribution in [0, 0.1) is 0 Å². The number of hydrazone groups is 1. The van der Waals surface area contributed by atoms with Crippen LogP contribution in [-0.2, 0) is 0 Å². The summed E-state index contributed by atoms with van der Waals surface area (Å²) in [4.78, 5) is 13.1.